The Labute approximate surface area is 157 Å². The molecule has 1 amide bonds. The lowest BCUT2D eigenvalue weighted by atomic mass is 10.1. The van der Waals surface area contributed by atoms with E-state index in [4.69, 9.17) is 16.0 Å². The van der Waals surface area contributed by atoms with E-state index < -0.39 is 10.8 Å². The van der Waals surface area contributed by atoms with E-state index in [1.165, 1.54) is 30.5 Å². The molecule has 0 aliphatic rings. The molecule has 2 N–H and O–H groups in total. The van der Waals surface area contributed by atoms with Gasteiger partial charge in [-0.15, -0.1) is 0 Å². The second-order valence-electron chi connectivity index (χ2n) is 5.34. The number of para-hydroxylation sites is 1. The molecule has 8 nitrogen and oxygen atoms in total. The average Bonchev–Trinajstić information content (AvgIpc) is 3.11. The minimum Gasteiger partial charge on any atom is -0.507 e. The number of nitro groups is 1. The lowest BCUT2D eigenvalue weighted by Crippen LogP contribution is -2.17. The van der Waals surface area contributed by atoms with E-state index in [-0.39, 0.29) is 22.0 Å². The number of phenols is 1. The van der Waals surface area contributed by atoms with Crippen LogP contribution in [0.4, 0.5) is 5.69 Å². The van der Waals surface area contributed by atoms with Crippen molar-refractivity contribution in [3.05, 3.63) is 81.1 Å². The molecule has 0 aliphatic carbocycles. The van der Waals surface area contributed by atoms with Gasteiger partial charge in [-0.3, -0.25) is 14.9 Å². The van der Waals surface area contributed by atoms with Crippen molar-refractivity contribution in [3.63, 3.8) is 0 Å². The van der Waals surface area contributed by atoms with Crippen LogP contribution >= 0.6 is 11.6 Å². The summed E-state index contributed by atoms with van der Waals surface area (Å²) in [6.45, 7) is 0. The van der Waals surface area contributed by atoms with Crippen LogP contribution in [0.3, 0.4) is 0 Å². The minimum absolute atomic E-state index is 0.0315. The van der Waals surface area contributed by atoms with Gasteiger partial charge >= 0.3 is 0 Å². The fourth-order valence-corrected chi connectivity index (χ4v) is 2.45. The van der Waals surface area contributed by atoms with E-state index in [0.29, 0.717) is 17.1 Å². The molecule has 2 aromatic carbocycles. The van der Waals surface area contributed by atoms with Crippen LogP contribution in [0, 0.1) is 10.1 Å². The van der Waals surface area contributed by atoms with E-state index in [1.54, 1.807) is 30.3 Å². The maximum Gasteiger partial charge on any atom is 0.288 e. The molecule has 0 aliphatic heterocycles. The summed E-state index contributed by atoms with van der Waals surface area (Å²) in [6.07, 6.45) is 1.27. The third-order valence-corrected chi connectivity index (χ3v) is 3.88. The van der Waals surface area contributed by atoms with Crippen LogP contribution in [0.15, 0.2) is 64.1 Å². The van der Waals surface area contributed by atoms with E-state index in [2.05, 4.69) is 10.5 Å². The van der Waals surface area contributed by atoms with E-state index >= 15 is 0 Å². The number of nitrogens with zero attached hydrogens (tertiary/aromatic N) is 2. The smallest absolute Gasteiger partial charge is 0.288 e. The Bertz CT molecular complexity index is 1040. The lowest BCUT2D eigenvalue weighted by Gasteiger charge is -2.01. The molecule has 9 heteroatoms. The van der Waals surface area contributed by atoms with Gasteiger partial charge in [-0.05, 0) is 36.4 Å². The summed E-state index contributed by atoms with van der Waals surface area (Å²) in [5.41, 5.74) is 2.61. The van der Waals surface area contributed by atoms with Gasteiger partial charge in [-0.1, -0.05) is 23.7 Å². The number of furan rings is 1. The van der Waals surface area contributed by atoms with Gasteiger partial charge in [-0.2, -0.15) is 5.10 Å². The standard InChI is InChI=1S/C18H12ClN3O5/c19-14-7-5-11(9-15(14)22(25)26)17-8-6-12(27-17)10-20-21-18(24)13-3-1-2-4-16(13)23/h1-10,23H,(H,21,24). The second-order valence-corrected chi connectivity index (χ2v) is 5.75. The number of carbonyl (C=O) groups excluding carboxylic acids is 1. The molecule has 0 saturated carbocycles. The Morgan fingerprint density at radius 1 is 1.22 bits per heavy atom. The number of rotatable bonds is 5. The monoisotopic (exact) mass is 385 g/mol. The molecule has 0 bridgehead atoms. The first-order valence-electron chi connectivity index (χ1n) is 7.61. The molecule has 0 atom stereocenters. The highest BCUT2D eigenvalue weighted by atomic mass is 35.5. The fourth-order valence-electron chi connectivity index (χ4n) is 2.26. The summed E-state index contributed by atoms with van der Waals surface area (Å²) in [6, 6.07) is 13.6. The van der Waals surface area contributed by atoms with Crippen molar-refractivity contribution in [2.45, 2.75) is 0 Å². The molecule has 0 radical (unpaired) electrons. The third kappa shape index (κ3) is 4.13. The topological polar surface area (TPSA) is 118 Å². The first kappa shape index (κ1) is 18.2. The number of nitrogens with one attached hydrogen (secondary N) is 1. The summed E-state index contributed by atoms with van der Waals surface area (Å²) in [5, 5.41) is 24.4. The predicted octanol–water partition coefficient (Wildman–Crippen LogP) is 3.98. The third-order valence-electron chi connectivity index (χ3n) is 3.56. The number of aromatic hydroxyl groups is 1. The number of amides is 1. The highest BCUT2D eigenvalue weighted by molar-refractivity contribution is 6.32. The zero-order valence-electron chi connectivity index (χ0n) is 13.6. The Morgan fingerprint density at radius 3 is 2.74 bits per heavy atom. The molecular weight excluding hydrogens is 374 g/mol. The normalized spacial score (nSPS) is 10.9. The zero-order valence-corrected chi connectivity index (χ0v) is 14.4. The second kappa shape index (κ2) is 7.71. The van der Waals surface area contributed by atoms with E-state index in [9.17, 15) is 20.0 Å². The van der Waals surface area contributed by atoms with Crippen LogP contribution in [-0.4, -0.2) is 22.2 Å². The molecule has 3 aromatic rings. The van der Waals surface area contributed by atoms with Crippen molar-refractivity contribution in [1.82, 2.24) is 5.43 Å². The van der Waals surface area contributed by atoms with Crippen molar-refractivity contribution in [2.24, 2.45) is 5.10 Å². The fraction of sp³-hybridized carbons (Fsp3) is 0. The number of hydrogen-bond acceptors (Lipinski definition) is 6. The number of hydrogen-bond donors (Lipinski definition) is 2. The number of halogens is 1. The number of benzene rings is 2. The molecular formula is C18H12ClN3O5. The maximum absolute atomic E-state index is 11.9. The van der Waals surface area contributed by atoms with Crippen molar-refractivity contribution < 1.29 is 19.2 Å². The van der Waals surface area contributed by atoms with Gasteiger partial charge in [-0.25, -0.2) is 5.43 Å². The molecule has 0 fully saturated rings. The number of nitro benzene ring substituents is 1. The van der Waals surface area contributed by atoms with Gasteiger partial charge in [0.15, 0.2) is 0 Å². The van der Waals surface area contributed by atoms with Crippen LogP contribution in [0.25, 0.3) is 11.3 Å². The number of phenolic OH excluding ortho intramolecular Hbond substituents is 1. The summed E-state index contributed by atoms with van der Waals surface area (Å²) in [4.78, 5) is 22.3. The van der Waals surface area contributed by atoms with Crippen molar-refractivity contribution >= 4 is 29.4 Å². The van der Waals surface area contributed by atoms with Crippen molar-refractivity contribution in [1.29, 1.82) is 0 Å². The van der Waals surface area contributed by atoms with Crippen LogP contribution in [-0.2, 0) is 0 Å². The van der Waals surface area contributed by atoms with Gasteiger partial charge in [0.1, 0.15) is 22.3 Å². The molecule has 1 heterocycles. The highest BCUT2D eigenvalue weighted by Crippen LogP contribution is 2.31. The highest BCUT2D eigenvalue weighted by Gasteiger charge is 2.15. The maximum atomic E-state index is 11.9. The first-order chi connectivity index (χ1) is 13.0. The Kier molecular flexibility index (Phi) is 5.18. The van der Waals surface area contributed by atoms with Gasteiger partial charge in [0.05, 0.1) is 16.7 Å². The summed E-state index contributed by atoms with van der Waals surface area (Å²) in [7, 11) is 0. The Morgan fingerprint density at radius 2 is 2.00 bits per heavy atom. The van der Waals surface area contributed by atoms with E-state index in [1.807, 2.05) is 0 Å². The van der Waals surface area contributed by atoms with Gasteiger partial charge in [0.25, 0.3) is 11.6 Å². The summed E-state index contributed by atoms with van der Waals surface area (Å²) in [5.74, 6) is -0.0392. The minimum atomic E-state index is -0.579. The zero-order chi connectivity index (χ0) is 19.4. The molecule has 136 valence electrons. The van der Waals surface area contributed by atoms with Crippen molar-refractivity contribution in [3.8, 4) is 17.1 Å². The van der Waals surface area contributed by atoms with E-state index in [0.717, 1.165) is 0 Å². The summed E-state index contributed by atoms with van der Waals surface area (Å²) >= 11 is 5.79. The van der Waals surface area contributed by atoms with Crippen molar-refractivity contribution in [2.75, 3.05) is 0 Å². The lowest BCUT2D eigenvalue weighted by molar-refractivity contribution is -0.384. The first-order valence-corrected chi connectivity index (χ1v) is 7.99. The van der Waals surface area contributed by atoms with Gasteiger partial charge in [0.2, 0.25) is 0 Å². The SMILES string of the molecule is O=C(NN=Cc1ccc(-c2ccc(Cl)c([N+](=O)[O-])c2)o1)c1ccccc1O. The molecule has 0 saturated heterocycles. The molecule has 3 rings (SSSR count). The summed E-state index contributed by atoms with van der Waals surface area (Å²) < 4.78 is 5.54. The Balaban J connectivity index is 1.72. The van der Waals surface area contributed by atoms with Crippen LogP contribution < -0.4 is 5.43 Å². The van der Waals surface area contributed by atoms with Crippen LogP contribution in [0.2, 0.25) is 5.02 Å². The number of carbonyl (C=O) groups is 1. The average molecular weight is 386 g/mol. The molecule has 1 aromatic heterocycles. The van der Waals surface area contributed by atoms with Crippen LogP contribution in [0.5, 0.6) is 5.75 Å². The molecule has 27 heavy (non-hydrogen) atoms. The number of hydrazone groups is 1. The van der Waals surface area contributed by atoms with Gasteiger partial charge < -0.3 is 9.52 Å². The quantitative estimate of drug-likeness (QED) is 0.391. The molecule has 0 unspecified atom stereocenters. The van der Waals surface area contributed by atoms with Crippen LogP contribution in [0.1, 0.15) is 16.1 Å². The van der Waals surface area contributed by atoms with Gasteiger partial charge in [0, 0.05) is 11.6 Å². The Hall–Kier alpha value is -3.65. The predicted molar refractivity (Wildman–Crippen MR) is 99.0 cm³/mol. The largest absolute Gasteiger partial charge is 0.507 e. The molecule has 0 spiro atoms.